The summed E-state index contributed by atoms with van der Waals surface area (Å²) in [5.74, 6) is 0. The maximum absolute atomic E-state index is 11.5. The first-order valence-corrected chi connectivity index (χ1v) is 8.66. The van der Waals surface area contributed by atoms with Crippen LogP contribution in [0, 0.1) is 5.41 Å². The van der Waals surface area contributed by atoms with Crippen LogP contribution in [0.25, 0.3) is 0 Å². The van der Waals surface area contributed by atoms with Crippen molar-refractivity contribution in [2.24, 2.45) is 11.1 Å². The minimum absolute atomic E-state index is 0.227. The highest BCUT2D eigenvalue weighted by Crippen LogP contribution is 2.39. The van der Waals surface area contributed by atoms with Crippen LogP contribution in [0.2, 0.25) is 10.0 Å². The molecular weight excluding hydrogens is 351 g/mol. The van der Waals surface area contributed by atoms with E-state index in [4.69, 9.17) is 33.7 Å². The summed E-state index contributed by atoms with van der Waals surface area (Å²) in [4.78, 5) is 12.9. The number of rotatable bonds is 2. The maximum atomic E-state index is 11.5. The molecule has 2 rings (SSSR count). The fourth-order valence-electron chi connectivity index (χ4n) is 2.86. The molecule has 2 atom stereocenters. The summed E-state index contributed by atoms with van der Waals surface area (Å²) in [6.45, 7) is 6.96. The van der Waals surface area contributed by atoms with Crippen LogP contribution in [-0.4, -0.2) is 41.8 Å². The molecule has 0 spiro atoms. The fourth-order valence-corrected chi connectivity index (χ4v) is 3.16. The second-order valence-electron chi connectivity index (χ2n) is 7.28. The Hall–Kier alpha value is -1.01. The number of benzene rings is 1. The molecule has 5 nitrogen and oxygen atoms in total. The summed E-state index contributed by atoms with van der Waals surface area (Å²) in [5, 5.41) is 10.3. The van der Waals surface area contributed by atoms with Crippen LogP contribution in [0.3, 0.4) is 0 Å². The minimum Gasteiger partial charge on any atom is -0.465 e. The molecule has 134 valence electrons. The van der Waals surface area contributed by atoms with E-state index < -0.39 is 11.7 Å². The molecule has 1 fully saturated rings. The summed E-state index contributed by atoms with van der Waals surface area (Å²) >= 11 is 12.2. The van der Waals surface area contributed by atoms with Crippen molar-refractivity contribution < 1.29 is 14.6 Å². The van der Waals surface area contributed by atoms with Gasteiger partial charge in [-0.1, -0.05) is 50.0 Å². The molecule has 1 aliphatic rings. The normalized spacial score (nSPS) is 25.4. The number of carbonyl (C=O) groups is 1. The van der Waals surface area contributed by atoms with Gasteiger partial charge in [0.15, 0.2) is 0 Å². The first-order chi connectivity index (χ1) is 11.1. The van der Waals surface area contributed by atoms with Gasteiger partial charge in [-0.3, -0.25) is 0 Å². The van der Waals surface area contributed by atoms with Crippen LogP contribution in [0.4, 0.5) is 4.79 Å². The molecule has 0 aliphatic carbocycles. The Balaban J connectivity index is 2.47. The van der Waals surface area contributed by atoms with E-state index >= 15 is 0 Å². The smallest absolute Gasteiger partial charge is 0.407 e. The van der Waals surface area contributed by atoms with E-state index in [0.29, 0.717) is 29.6 Å². The van der Waals surface area contributed by atoms with E-state index in [1.807, 2.05) is 26.8 Å². The van der Waals surface area contributed by atoms with Gasteiger partial charge in [-0.05, 0) is 29.5 Å². The van der Waals surface area contributed by atoms with Crippen molar-refractivity contribution in [3.63, 3.8) is 0 Å². The molecular formula is C17H24Cl2N2O3. The molecule has 0 bridgehead atoms. The zero-order valence-corrected chi connectivity index (χ0v) is 15.7. The molecule has 24 heavy (non-hydrogen) atoms. The van der Waals surface area contributed by atoms with Gasteiger partial charge >= 0.3 is 6.09 Å². The first-order valence-electron chi connectivity index (χ1n) is 7.90. The standard InChI is InChI=1S/C17H24Cl2N2O3/c1-16(2,3)14-9-21(15(22)23)7-6-17(10-20,24-14)11-4-5-12(18)13(19)8-11/h4-5,8,14H,6-7,9-10,20H2,1-3H3,(H,22,23). The van der Waals surface area contributed by atoms with E-state index in [-0.39, 0.29) is 18.1 Å². The summed E-state index contributed by atoms with van der Waals surface area (Å²) in [7, 11) is 0. The number of halogens is 2. The Morgan fingerprint density at radius 2 is 2.08 bits per heavy atom. The molecule has 1 aromatic rings. The molecule has 1 saturated heterocycles. The number of nitrogens with zero attached hydrogens (tertiary/aromatic N) is 1. The Morgan fingerprint density at radius 3 is 2.58 bits per heavy atom. The number of hydrogen-bond donors (Lipinski definition) is 2. The van der Waals surface area contributed by atoms with Crippen molar-refractivity contribution in [1.29, 1.82) is 0 Å². The molecule has 0 radical (unpaired) electrons. The molecule has 0 aromatic heterocycles. The average Bonchev–Trinajstić information content (AvgIpc) is 2.70. The summed E-state index contributed by atoms with van der Waals surface area (Å²) in [5.41, 5.74) is 5.87. The van der Waals surface area contributed by atoms with Gasteiger partial charge in [-0.25, -0.2) is 4.79 Å². The lowest BCUT2D eigenvalue weighted by atomic mass is 9.86. The Kier molecular flexibility index (Phi) is 5.70. The largest absolute Gasteiger partial charge is 0.465 e. The van der Waals surface area contributed by atoms with Crippen molar-refractivity contribution in [1.82, 2.24) is 4.90 Å². The quantitative estimate of drug-likeness (QED) is 0.820. The van der Waals surface area contributed by atoms with Crippen LogP contribution in [-0.2, 0) is 10.3 Å². The molecule has 7 heteroatoms. The van der Waals surface area contributed by atoms with Crippen molar-refractivity contribution in [2.45, 2.75) is 38.9 Å². The predicted molar refractivity (Wildman–Crippen MR) is 95.7 cm³/mol. The highest BCUT2D eigenvalue weighted by Gasteiger charge is 2.43. The lowest BCUT2D eigenvalue weighted by molar-refractivity contribution is -0.125. The van der Waals surface area contributed by atoms with Gasteiger partial charge in [0.2, 0.25) is 0 Å². The van der Waals surface area contributed by atoms with Crippen LogP contribution < -0.4 is 5.73 Å². The van der Waals surface area contributed by atoms with Crippen molar-refractivity contribution >= 4 is 29.3 Å². The van der Waals surface area contributed by atoms with Gasteiger partial charge in [0, 0.05) is 13.1 Å². The van der Waals surface area contributed by atoms with Crippen LogP contribution in [0.5, 0.6) is 0 Å². The Bertz CT molecular complexity index is 618. The van der Waals surface area contributed by atoms with Crippen molar-refractivity contribution in [2.75, 3.05) is 19.6 Å². The number of ether oxygens (including phenoxy) is 1. The average molecular weight is 375 g/mol. The van der Waals surface area contributed by atoms with E-state index in [9.17, 15) is 9.90 Å². The first kappa shape index (κ1) is 19.3. The van der Waals surface area contributed by atoms with Gasteiger partial charge in [0.05, 0.1) is 22.7 Å². The SMILES string of the molecule is CC(C)(C)C1CN(C(=O)O)CCC(CN)(c2ccc(Cl)c(Cl)c2)O1. The second-order valence-corrected chi connectivity index (χ2v) is 8.09. The highest BCUT2D eigenvalue weighted by molar-refractivity contribution is 6.42. The fraction of sp³-hybridized carbons (Fsp3) is 0.588. The highest BCUT2D eigenvalue weighted by atomic mass is 35.5. The zero-order chi connectivity index (χ0) is 18.1. The Morgan fingerprint density at radius 1 is 1.42 bits per heavy atom. The summed E-state index contributed by atoms with van der Waals surface area (Å²) in [6.07, 6.45) is -0.788. The number of carboxylic acid groups (broad SMARTS) is 1. The summed E-state index contributed by atoms with van der Waals surface area (Å²) in [6, 6.07) is 5.32. The van der Waals surface area contributed by atoms with Crippen molar-refractivity contribution in [3.05, 3.63) is 33.8 Å². The number of hydrogen-bond acceptors (Lipinski definition) is 3. The summed E-state index contributed by atoms with van der Waals surface area (Å²) < 4.78 is 6.44. The zero-order valence-electron chi connectivity index (χ0n) is 14.2. The molecule has 3 N–H and O–H groups in total. The van der Waals surface area contributed by atoms with Crippen LogP contribution in [0.15, 0.2) is 18.2 Å². The number of amides is 1. The van der Waals surface area contributed by atoms with Crippen LogP contribution >= 0.6 is 23.2 Å². The molecule has 1 aliphatic heterocycles. The lowest BCUT2D eigenvalue weighted by Gasteiger charge is -2.39. The van der Waals surface area contributed by atoms with E-state index in [1.165, 1.54) is 4.90 Å². The third kappa shape index (κ3) is 3.97. The van der Waals surface area contributed by atoms with E-state index in [1.54, 1.807) is 12.1 Å². The van der Waals surface area contributed by atoms with Gasteiger partial charge in [0.1, 0.15) is 5.60 Å². The second kappa shape index (κ2) is 7.08. The third-order valence-corrected chi connectivity index (χ3v) is 5.29. The number of nitrogens with two attached hydrogens (primary N) is 1. The lowest BCUT2D eigenvalue weighted by Crippen LogP contribution is -2.45. The third-order valence-electron chi connectivity index (χ3n) is 4.55. The van der Waals surface area contributed by atoms with Gasteiger partial charge in [-0.2, -0.15) is 0 Å². The van der Waals surface area contributed by atoms with E-state index in [0.717, 1.165) is 5.56 Å². The monoisotopic (exact) mass is 374 g/mol. The van der Waals surface area contributed by atoms with Crippen LogP contribution in [0.1, 0.15) is 32.8 Å². The molecule has 1 amide bonds. The molecule has 2 unspecified atom stereocenters. The van der Waals surface area contributed by atoms with Crippen molar-refractivity contribution in [3.8, 4) is 0 Å². The van der Waals surface area contributed by atoms with Gasteiger partial charge in [0.25, 0.3) is 0 Å². The Labute approximate surface area is 152 Å². The maximum Gasteiger partial charge on any atom is 0.407 e. The molecule has 1 aromatic carbocycles. The molecule has 1 heterocycles. The topological polar surface area (TPSA) is 75.8 Å². The molecule has 0 saturated carbocycles. The minimum atomic E-state index is -0.949. The van der Waals surface area contributed by atoms with Gasteiger partial charge < -0.3 is 20.5 Å². The predicted octanol–water partition coefficient (Wildman–Crippen LogP) is 3.96. The van der Waals surface area contributed by atoms with Gasteiger partial charge in [-0.15, -0.1) is 0 Å². The van der Waals surface area contributed by atoms with E-state index in [2.05, 4.69) is 0 Å².